The molecule has 2 aromatic carbocycles. The van der Waals surface area contributed by atoms with Crippen LogP contribution in [-0.2, 0) is 14.3 Å². The zero-order chi connectivity index (χ0) is 25.3. The van der Waals surface area contributed by atoms with Gasteiger partial charge in [0, 0.05) is 5.56 Å². The second kappa shape index (κ2) is 9.71. The van der Waals surface area contributed by atoms with Gasteiger partial charge in [0.25, 0.3) is 5.78 Å². The van der Waals surface area contributed by atoms with Crippen LogP contribution in [0.25, 0.3) is 5.76 Å². The maximum Gasteiger partial charge on any atom is 0.350 e. The summed E-state index contributed by atoms with van der Waals surface area (Å²) in [5.74, 6) is -1.92. The average Bonchev–Trinajstić information content (AvgIpc) is 3.36. The van der Waals surface area contributed by atoms with Crippen molar-refractivity contribution in [3.8, 4) is 5.75 Å². The molecule has 1 aliphatic heterocycles. The van der Waals surface area contributed by atoms with Crippen LogP contribution >= 0.6 is 11.3 Å². The number of hydrogen-bond donors (Lipinski definition) is 1. The lowest BCUT2D eigenvalue weighted by molar-refractivity contribution is -0.132. The summed E-state index contributed by atoms with van der Waals surface area (Å²) < 4.78 is 10.3. The number of aliphatic hydroxyl groups is 1. The lowest BCUT2D eigenvalue weighted by atomic mass is 9.95. The normalized spacial score (nSPS) is 17.0. The lowest BCUT2D eigenvalue weighted by Gasteiger charge is -2.23. The van der Waals surface area contributed by atoms with Crippen molar-refractivity contribution >= 4 is 39.9 Å². The Morgan fingerprint density at radius 2 is 1.74 bits per heavy atom. The van der Waals surface area contributed by atoms with Crippen molar-refractivity contribution < 1.29 is 29.0 Å². The van der Waals surface area contributed by atoms with Crippen LogP contribution < -0.4 is 9.64 Å². The van der Waals surface area contributed by atoms with Crippen LogP contribution in [0.15, 0.2) is 54.1 Å². The molecule has 1 aliphatic rings. The van der Waals surface area contributed by atoms with Gasteiger partial charge < -0.3 is 14.6 Å². The van der Waals surface area contributed by atoms with Gasteiger partial charge in [-0.2, -0.15) is 0 Å². The summed E-state index contributed by atoms with van der Waals surface area (Å²) in [6.07, 6.45) is 0. The Kier molecular flexibility index (Phi) is 6.70. The second-order valence-corrected chi connectivity index (χ2v) is 8.92. The van der Waals surface area contributed by atoms with E-state index in [9.17, 15) is 19.5 Å². The molecule has 1 unspecified atom stereocenters. The largest absolute Gasteiger partial charge is 0.507 e. The Hall–Kier alpha value is -3.98. The summed E-state index contributed by atoms with van der Waals surface area (Å²) in [6.45, 7) is 5.43. The second-order valence-electron chi connectivity index (χ2n) is 7.94. The molecule has 3 aromatic rings. The minimum absolute atomic E-state index is 0.0606. The van der Waals surface area contributed by atoms with Crippen LogP contribution in [0, 0.1) is 13.8 Å². The number of hydrogen-bond acceptors (Lipinski definition) is 8. The van der Waals surface area contributed by atoms with Crippen LogP contribution in [0.3, 0.4) is 0 Å². The predicted octanol–water partition coefficient (Wildman–Crippen LogP) is 4.57. The number of Topliss-reactive ketones (excluding diaryl/α,β-unsaturated/α-hetero) is 1. The molecule has 1 N–H and O–H groups in total. The van der Waals surface area contributed by atoms with Gasteiger partial charge in [-0.15, -0.1) is 0 Å². The Morgan fingerprint density at radius 3 is 2.34 bits per heavy atom. The standard InChI is InChI=1S/C26H24N2O6S/c1-5-34-25(32)23-15(3)27-26(35-23)28-20(16-10-12-18(33-4)13-11-16)19(22(30)24(28)31)21(29)17-8-6-14(2)7-9-17/h6-13,20,29H,5H2,1-4H3/b21-19+. The number of carbonyl (C=O) groups excluding carboxylic acids is 3. The van der Waals surface area contributed by atoms with Crippen LogP contribution in [0.5, 0.6) is 5.75 Å². The SMILES string of the molecule is CCOC(=O)c1sc(N2C(=O)C(=O)/C(=C(/O)c3ccc(C)cc3)C2c2ccc(OC)cc2)nc1C. The molecule has 0 spiro atoms. The van der Waals surface area contributed by atoms with Crippen molar-refractivity contribution in [1.82, 2.24) is 4.98 Å². The van der Waals surface area contributed by atoms with E-state index in [-0.39, 0.29) is 27.9 Å². The van der Waals surface area contributed by atoms with Crippen LogP contribution in [-0.4, -0.2) is 41.5 Å². The van der Waals surface area contributed by atoms with Crippen molar-refractivity contribution in [3.05, 3.63) is 81.4 Å². The smallest absolute Gasteiger partial charge is 0.350 e. The van der Waals surface area contributed by atoms with E-state index in [0.29, 0.717) is 22.6 Å². The number of esters is 1. The fraction of sp³-hybridized carbons (Fsp3) is 0.231. The number of anilines is 1. The van der Waals surface area contributed by atoms with Gasteiger partial charge in [-0.1, -0.05) is 53.3 Å². The number of aliphatic hydroxyl groups excluding tert-OH is 1. The number of aromatic nitrogens is 1. The first kappa shape index (κ1) is 24.2. The Bertz CT molecular complexity index is 1320. The third-order valence-electron chi connectivity index (χ3n) is 5.65. The van der Waals surface area contributed by atoms with Gasteiger partial charge in [0.05, 0.1) is 31.0 Å². The zero-order valence-corrected chi connectivity index (χ0v) is 20.5. The topological polar surface area (TPSA) is 106 Å². The fourth-order valence-corrected chi connectivity index (χ4v) is 4.86. The van der Waals surface area contributed by atoms with E-state index >= 15 is 0 Å². The molecular weight excluding hydrogens is 468 g/mol. The monoisotopic (exact) mass is 492 g/mol. The summed E-state index contributed by atoms with van der Waals surface area (Å²) in [6, 6.07) is 12.9. The molecule has 2 heterocycles. The number of nitrogens with zero attached hydrogens (tertiary/aromatic N) is 2. The van der Waals surface area contributed by atoms with Crippen LogP contribution in [0.2, 0.25) is 0 Å². The van der Waals surface area contributed by atoms with E-state index in [1.54, 1.807) is 50.2 Å². The molecule has 0 aliphatic carbocycles. The molecule has 1 amide bonds. The molecule has 1 fully saturated rings. The highest BCUT2D eigenvalue weighted by atomic mass is 32.1. The Balaban J connectivity index is 1.90. The molecule has 9 heteroatoms. The summed E-state index contributed by atoms with van der Waals surface area (Å²) in [7, 11) is 1.54. The summed E-state index contributed by atoms with van der Waals surface area (Å²) in [4.78, 5) is 44.8. The highest BCUT2D eigenvalue weighted by Gasteiger charge is 2.48. The first-order valence-corrected chi connectivity index (χ1v) is 11.7. The molecule has 4 rings (SSSR count). The highest BCUT2D eigenvalue weighted by molar-refractivity contribution is 7.17. The van der Waals surface area contributed by atoms with Gasteiger partial charge in [0.1, 0.15) is 16.4 Å². The first-order chi connectivity index (χ1) is 16.8. The van der Waals surface area contributed by atoms with Gasteiger partial charge in [-0.25, -0.2) is 9.78 Å². The van der Waals surface area contributed by atoms with Crippen molar-refractivity contribution in [1.29, 1.82) is 0 Å². The number of amides is 1. The predicted molar refractivity (Wildman–Crippen MR) is 132 cm³/mol. The number of benzene rings is 2. The van der Waals surface area contributed by atoms with Gasteiger partial charge in [0.15, 0.2) is 5.13 Å². The summed E-state index contributed by atoms with van der Waals surface area (Å²) >= 11 is 0.967. The van der Waals surface area contributed by atoms with Gasteiger partial charge >= 0.3 is 11.9 Å². The third-order valence-corrected chi connectivity index (χ3v) is 6.79. The minimum Gasteiger partial charge on any atom is -0.507 e. The maximum absolute atomic E-state index is 13.3. The summed E-state index contributed by atoms with van der Waals surface area (Å²) in [5.41, 5.74) is 2.30. The van der Waals surface area contributed by atoms with E-state index in [4.69, 9.17) is 9.47 Å². The quantitative estimate of drug-likeness (QED) is 0.232. The number of methoxy groups -OCH3 is 1. The van der Waals surface area contributed by atoms with Gasteiger partial charge in [-0.3, -0.25) is 14.5 Å². The fourth-order valence-electron chi connectivity index (χ4n) is 3.87. The number of rotatable bonds is 6. The van der Waals surface area contributed by atoms with Crippen molar-refractivity contribution in [2.75, 3.05) is 18.6 Å². The van der Waals surface area contributed by atoms with Crippen molar-refractivity contribution in [2.24, 2.45) is 0 Å². The van der Waals surface area contributed by atoms with E-state index in [1.165, 1.54) is 12.0 Å². The third kappa shape index (κ3) is 4.42. The van der Waals surface area contributed by atoms with Crippen molar-refractivity contribution in [2.45, 2.75) is 26.8 Å². The molecule has 0 bridgehead atoms. The lowest BCUT2D eigenvalue weighted by Crippen LogP contribution is -2.29. The van der Waals surface area contributed by atoms with Gasteiger partial charge in [-0.05, 0) is 38.5 Å². The Morgan fingerprint density at radius 1 is 1.09 bits per heavy atom. The molecule has 0 radical (unpaired) electrons. The van der Waals surface area contributed by atoms with Crippen LogP contribution in [0.1, 0.15) is 45.0 Å². The first-order valence-electron chi connectivity index (χ1n) is 10.9. The number of ether oxygens (including phenoxy) is 2. The molecule has 1 aromatic heterocycles. The van der Waals surface area contributed by atoms with E-state index < -0.39 is 23.7 Å². The molecular formula is C26H24N2O6S. The number of aryl methyl sites for hydroxylation is 2. The van der Waals surface area contributed by atoms with Crippen molar-refractivity contribution in [3.63, 3.8) is 0 Å². The molecule has 180 valence electrons. The minimum atomic E-state index is -0.956. The highest BCUT2D eigenvalue weighted by Crippen LogP contribution is 2.44. The van der Waals surface area contributed by atoms with Gasteiger partial charge in [0.2, 0.25) is 0 Å². The summed E-state index contributed by atoms with van der Waals surface area (Å²) in [5, 5.41) is 11.3. The van der Waals surface area contributed by atoms with Crippen LogP contribution in [0.4, 0.5) is 5.13 Å². The Labute approximate surface area is 206 Å². The number of ketones is 1. The average molecular weight is 493 g/mol. The number of carbonyl (C=O) groups is 3. The van der Waals surface area contributed by atoms with E-state index in [0.717, 1.165) is 16.9 Å². The molecule has 35 heavy (non-hydrogen) atoms. The molecule has 8 nitrogen and oxygen atoms in total. The molecule has 1 atom stereocenters. The molecule has 0 saturated carbocycles. The van der Waals surface area contributed by atoms with E-state index in [2.05, 4.69) is 4.98 Å². The maximum atomic E-state index is 13.3. The molecule has 1 saturated heterocycles. The number of thiazole rings is 1. The zero-order valence-electron chi connectivity index (χ0n) is 19.7. The van der Waals surface area contributed by atoms with E-state index in [1.807, 2.05) is 19.1 Å².